The van der Waals surface area contributed by atoms with Gasteiger partial charge < -0.3 is 4.90 Å². The Hall–Kier alpha value is -1.31. The number of hydrogen-bond donors (Lipinski definition) is 0. The molecule has 1 aliphatic rings. The summed E-state index contributed by atoms with van der Waals surface area (Å²) in [5.41, 5.74) is 0.643. The molecule has 0 radical (unpaired) electrons. The van der Waals surface area contributed by atoms with E-state index in [0.717, 1.165) is 19.5 Å². The average Bonchev–Trinajstić information content (AvgIpc) is 2.46. The first-order chi connectivity index (χ1) is 9.10. The molecule has 1 aliphatic heterocycles. The minimum absolute atomic E-state index is 0.0882. The summed E-state index contributed by atoms with van der Waals surface area (Å²) in [5.74, 6) is 1.36. The summed E-state index contributed by atoms with van der Waals surface area (Å²) in [6.45, 7) is 17.5. The highest BCUT2D eigenvalue weighted by atomic mass is 16.2. The molecule has 108 valence electrons. The van der Waals surface area contributed by atoms with Crippen LogP contribution in [0.3, 0.4) is 0 Å². The van der Waals surface area contributed by atoms with Gasteiger partial charge in [0.15, 0.2) is 0 Å². The topological polar surface area (TPSA) is 20.3 Å². The molecule has 1 unspecified atom stereocenters. The number of amides is 1. The van der Waals surface area contributed by atoms with Gasteiger partial charge in [-0.1, -0.05) is 59.1 Å². The average molecular weight is 263 g/mol. The van der Waals surface area contributed by atoms with Crippen LogP contribution < -0.4 is 0 Å². The molecular weight excluding hydrogens is 234 g/mol. The van der Waals surface area contributed by atoms with Crippen molar-refractivity contribution in [3.8, 4) is 0 Å². The van der Waals surface area contributed by atoms with E-state index in [9.17, 15) is 4.79 Å². The molecule has 2 heteroatoms. The lowest BCUT2D eigenvalue weighted by molar-refractivity contribution is -0.128. The van der Waals surface area contributed by atoms with Crippen LogP contribution in [0.4, 0.5) is 0 Å². The van der Waals surface area contributed by atoms with E-state index >= 15 is 0 Å². The zero-order valence-corrected chi connectivity index (χ0v) is 13.0. The van der Waals surface area contributed by atoms with E-state index in [4.69, 9.17) is 0 Å². The van der Waals surface area contributed by atoms with Crippen molar-refractivity contribution in [2.24, 2.45) is 11.8 Å². The maximum Gasteiger partial charge on any atom is 0.253 e. The third kappa shape index (κ3) is 5.46. The van der Waals surface area contributed by atoms with E-state index < -0.39 is 0 Å². The van der Waals surface area contributed by atoms with Crippen molar-refractivity contribution in [3.63, 3.8) is 0 Å². The van der Waals surface area contributed by atoms with Crippen molar-refractivity contribution in [2.75, 3.05) is 13.1 Å². The van der Waals surface area contributed by atoms with Gasteiger partial charge in [-0.3, -0.25) is 4.79 Å². The molecule has 0 aliphatic carbocycles. The van der Waals surface area contributed by atoms with E-state index in [1.54, 1.807) is 18.2 Å². The smallest absolute Gasteiger partial charge is 0.253 e. The van der Waals surface area contributed by atoms with Crippen LogP contribution in [0.15, 0.2) is 37.0 Å². The van der Waals surface area contributed by atoms with Crippen LogP contribution >= 0.6 is 0 Å². The molecule has 0 aromatic carbocycles. The maximum absolute atomic E-state index is 12.2. The van der Waals surface area contributed by atoms with Gasteiger partial charge >= 0.3 is 0 Å². The molecule has 0 aromatic heterocycles. The quantitative estimate of drug-likeness (QED) is 0.549. The second-order valence-corrected chi connectivity index (χ2v) is 4.96. The first-order valence-electron chi connectivity index (χ1n) is 7.34. The molecule has 0 saturated carbocycles. The molecule has 19 heavy (non-hydrogen) atoms. The standard InChI is InChI=1S/C15H23NO.C2H6/c1-5-8-13(6-2)15(17)16-10-7-9-14(11-16)12(3)4;1-2/h5-6,8,12,14H,1-2,7,9-11H2,3-4H3;1-2H3/b13-8+;. The minimum atomic E-state index is 0.0882. The van der Waals surface area contributed by atoms with Crippen molar-refractivity contribution in [1.29, 1.82) is 0 Å². The highest BCUT2D eigenvalue weighted by molar-refractivity contribution is 5.96. The second-order valence-electron chi connectivity index (χ2n) is 4.96. The van der Waals surface area contributed by atoms with Gasteiger partial charge in [0.05, 0.1) is 0 Å². The summed E-state index contributed by atoms with van der Waals surface area (Å²) in [7, 11) is 0. The van der Waals surface area contributed by atoms with Gasteiger partial charge in [0.25, 0.3) is 5.91 Å². The summed E-state index contributed by atoms with van der Waals surface area (Å²) < 4.78 is 0. The highest BCUT2D eigenvalue weighted by Crippen LogP contribution is 2.24. The van der Waals surface area contributed by atoms with Crippen molar-refractivity contribution < 1.29 is 4.79 Å². The summed E-state index contributed by atoms with van der Waals surface area (Å²) >= 11 is 0. The second kappa shape index (κ2) is 9.60. The number of piperidine rings is 1. The van der Waals surface area contributed by atoms with Crippen LogP contribution in [0.5, 0.6) is 0 Å². The molecular formula is C17H29NO. The fourth-order valence-corrected chi connectivity index (χ4v) is 2.27. The number of carbonyl (C=O) groups excluding carboxylic acids is 1. The Bertz CT molecular complexity index is 328. The Labute approximate surface area is 118 Å². The maximum atomic E-state index is 12.2. The molecule has 1 rings (SSSR count). The lowest BCUT2D eigenvalue weighted by Gasteiger charge is -2.35. The number of nitrogens with zero attached hydrogens (tertiary/aromatic N) is 1. The largest absolute Gasteiger partial charge is 0.338 e. The van der Waals surface area contributed by atoms with E-state index in [0.29, 0.717) is 17.4 Å². The number of likely N-dealkylation sites (tertiary alicyclic amines) is 1. The van der Waals surface area contributed by atoms with Crippen LogP contribution in [-0.2, 0) is 4.79 Å². The van der Waals surface area contributed by atoms with Crippen LogP contribution in [-0.4, -0.2) is 23.9 Å². The SMILES string of the molecule is C=C/C=C(\C=C)C(=O)N1CCCC(C(C)C)C1.CC. The lowest BCUT2D eigenvalue weighted by Crippen LogP contribution is -2.41. The van der Waals surface area contributed by atoms with Crippen molar-refractivity contribution in [1.82, 2.24) is 4.90 Å². The predicted molar refractivity (Wildman–Crippen MR) is 84.0 cm³/mol. The highest BCUT2D eigenvalue weighted by Gasteiger charge is 2.26. The molecule has 1 amide bonds. The van der Waals surface area contributed by atoms with E-state index in [1.807, 2.05) is 18.7 Å². The third-order valence-electron chi connectivity index (χ3n) is 3.45. The first-order valence-corrected chi connectivity index (χ1v) is 7.34. The molecule has 1 saturated heterocycles. The van der Waals surface area contributed by atoms with Gasteiger partial charge in [0.1, 0.15) is 0 Å². The molecule has 2 nitrogen and oxygen atoms in total. The summed E-state index contributed by atoms with van der Waals surface area (Å²) in [4.78, 5) is 14.2. The molecule has 0 aromatic rings. The van der Waals surface area contributed by atoms with E-state index in [1.165, 1.54) is 6.42 Å². The molecule has 1 heterocycles. The predicted octanol–water partition coefficient (Wildman–Crippen LogP) is 4.21. The van der Waals surface area contributed by atoms with Gasteiger partial charge in [-0.05, 0) is 24.7 Å². The minimum Gasteiger partial charge on any atom is -0.338 e. The summed E-state index contributed by atoms with van der Waals surface area (Å²) in [6.07, 6.45) is 7.32. The van der Waals surface area contributed by atoms with Gasteiger partial charge in [-0.15, -0.1) is 0 Å². The zero-order valence-electron chi connectivity index (χ0n) is 13.0. The Morgan fingerprint density at radius 3 is 2.42 bits per heavy atom. The zero-order chi connectivity index (χ0) is 14.8. The lowest BCUT2D eigenvalue weighted by atomic mass is 9.87. The molecule has 0 spiro atoms. The third-order valence-corrected chi connectivity index (χ3v) is 3.45. The van der Waals surface area contributed by atoms with Gasteiger partial charge in [-0.25, -0.2) is 0 Å². The number of allylic oxidation sites excluding steroid dienone is 2. The van der Waals surface area contributed by atoms with E-state index in [2.05, 4.69) is 27.0 Å². The Morgan fingerprint density at radius 2 is 1.95 bits per heavy atom. The fraction of sp³-hybridized carbons (Fsp3) is 0.588. The molecule has 0 bridgehead atoms. The monoisotopic (exact) mass is 263 g/mol. The molecule has 1 fully saturated rings. The Balaban J connectivity index is 0.00000154. The van der Waals surface area contributed by atoms with Crippen molar-refractivity contribution in [2.45, 2.75) is 40.5 Å². The summed E-state index contributed by atoms with van der Waals surface area (Å²) in [5, 5.41) is 0. The molecule has 0 N–H and O–H groups in total. The molecule has 1 atom stereocenters. The van der Waals surface area contributed by atoms with Crippen LogP contribution in [0, 0.1) is 11.8 Å². The van der Waals surface area contributed by atoms with Gasteiger partial charge in [-0.2, -0.15) is 0 Å². The summed E-state index contributed by atoms with van der Waals surface area (Å²) in [6, 6.07) is 0. The van der Waals surface area contributed by atoms with Crippen LogP contribution in [0.25, 0.3) is 0 Å². The fourth-order valence-electron chi connectivity index (χ4n) is 2.27. The van der Waals surface area contributed by atoms with Crippen LogP contribution in [0.1, 0.15) is 40.5 Å². The normalized spacial score (nSPS) is 19.5. The first kappa shape index (κ1) is 17.7. The number of carbonyl (C=O) groups is 1. The number of rotatable bonds is 4. The van der Waals surface area contributed by atoms with E-state index in [-0.39, 0.29) is 5.91 Å². The van der Waals surface area contributed by atoms with Gasteiger partial charge in [0, 0.05) is 18.7 Å². The van der Waals surface area contributed by atoms with Crippen molar-refractivity contribution >= 4 is 5.91 Å². The Morgan fingerprint density at radius 1 is 1.32 bits per heavy atom. The van der Waals surface area contributed by atoms with Gasteiger partial charge in [0.2, 0.25) is 0 Å². The van der Waals surface area contributed by atoms with Crippen LogP contribution in [0.2, 0.25) is 0 Å². The van der Waals surface area contributed by atoms with Crippen molar-refractivity contribution in [3.05, 3.63) is 37.0 Å². The Kier molecular flexibility index (Phi) is 8.94. The number of hydrogen-bond acceptors (Lipinski definition) is 1.